The van der Waals surface area contributed by atoms with Crippen molar-refractivity contribution in [1.82, 2.24) is 4.98 Å². The molecule has 17 heavy (non-hydrogen) atoms. The first-order valence-electron chi connectivity index (χ1n) is 4.58. The molecule has 94 valence electrons. The summed E-state index contributed by atoms with van der Waals surface area (Å²) in [6, 6.07) is 1.26. The number of rotatable bonds is 4. The van der Waals surface area contributed by atoms with Gasteiger partial charge in [0.1, 0.15) is 3.70 Å². The van der Waals surface area contributed by atoms with Gasteiger partial charge in [-0.05, 0) is 34.2 Å². The van der Waals surface area contributed by atoms with Crippen molar-refractivity contribution in [1.29, 1.82) is 0 Å². The predicted molar refractivity (Wildman–Crippen MR) is 67.2 cm³/mol. The molecule has 0 saturated carbocycles. The largest absolute Gasteiger partial charge is 0.469 e. The Bertz CT molecular complexity index is 429. The van der Waals surface area contributed by atoms with Crippen LogP contribution in [0, 0.1) is 3.70 Å². The summed E-state index contributed by atoms with van der Waals surface area (Å²) >= 11 is 7.42. The van der Waals surface area contributed by atoms with Crippen LogP contribution in [0.4, 0.5) is 8.78 Å². The predicted octanol–water partition coefficient (Wildman–Crippen LogP) is 3.08. The smallest absolute Gasteiger partial charge is 0.310 e. The number of nitrogens with zero attached hydrogens (tertiary/aromatic N) is 1. The van der Waals surface area contributed by atoms with E-state index in [1.165, 1.54) is 13.2 Å². The number of ether oxygens (including phenoxy) is 1. The third-order valence-electron chi connectivity index (χ3n) is 2.09. The highest BCUT2D eigenvalue weighted by atomic mass is 127. The summed E-state index contributed by atoms with van der Waals surface area (Å²) in [7, 11) is 1.24. The number of aromatic nitrogens is 1. The van der Waals surface area contributed by atoms with E-state index < -0.39 is 12.4 Å². The van der Waals surface area contributed by atoms with Gasteiger partial charge in [0.2, 0.25) is 0 Å². The van der Waals surface area contributed by atoms with E-state index in [4.69, 9.17) is 11.6 Å². The first kappa shape index (κ1) is 14.6. The van der Waals surface area contributed by atoms with Crippen molar-refractivity contribution >= 4 is 40.2 Å². The van der Waals surface area contributed by atoms with Gasteiger partial charge in [-0.15, -0.1) is 11.6 Å². The van der Waals surface area contributed by atoms with E-state index in [0.29, 0.717) is 9.26 Å². The zero-order valence-electron chi connectivity index (χ0n) is 8.84. The highest BCUT2D eigenvalue weighted by Crippen LogP contribution is 2.26. The van der Waals surface area contributed by atoms with Crippen LogP contribution in [-0.4, -0.2) is 18.1 Å². The maximum atomic E-state index is 12.7. The topological polar surface area (TPSA) is 39.2 Å². The first-order valence-corrected chi connectivity index (χ1v) is 6.20. The molecule has 0 N–H and O–H groups in total. The molecule has 7 heteroatoms. The number of halogens is 4. The normalized spacial score (nSPS) is 10.7. The van der Waals surface area contributed by atoms with E-state index in [9.17, 15) is 13.6 Å². The summed E-state index contributed by atoms with van der Waals surface area (Å²) in [5.74, 6) is -0.586. The van der Waals surface area contributed by atoms with E-state index in [0.717, 1.165) is 0 Å². The van der Waals surface area contributed by atoms with Gasteiger partial charge in [0.25, 0.3) is 6.43 Å². The van der Waals surface area contributed by atoms with Crippen LogP contribution in [0.2, 0.25) is 0 Å². The zero-order valence-corrected chi connectivity index (χ0v) is 11.8. The Balaban J connectivity index is 3.15. The molecule has 0 aliphatic heterocycles. The zero-order chi connectivity index (χ0) is 13.0. The lowest BCUT2D eigenvalue weighted by molar-refractivity contribution is -0.139. The highest BCUT2D eigenvalue weighted by Gasteiger charge is 2.18. The lowest BCUT2D eigenvalue weighted by atomic mass is 10.1. The second kappa shape index (κ2) is 6.44. The van der Waals surface area contributed by atoms with Crippen LogP contribution in [0.1, 0.15) is 23.2 Å². The monoisotopic (exact) mass is 375 g/mol. The van der Waals surface area contributed by atoms with Gasteiger partial charge in [-0.1, -0.05) is 0 Å². The quantitative estimate of drug-likeness (QED) is 0.351. The Kier molecular flexibility index (Phi) is 5.51. The van der Waals surface area contributed by atoms with E-state index in [2.05, 4.69) is 9.72 Å². The summed E-state index contributed by atoms with van der Waals surface area (Å²) in [6.07, 6.45) is -2.74. The summed E-state index contributed by atoms with van der Waals surface area (Å²) in [6.45, 7) is 0. The molecule has 3 nitrogen and oxygen atoms in total. The Hall–Kier alpha value is -0.500. The van der Waals surface area contributed by atoms with Crippen LogP contribution in [0.15, 0.2) is 6.07 Å². The number of carbonyl (C=O) groups is 1. The maximum Gasteiger partial charge on any atom is 0.310 e. The third kappa shape index (κ3) is 3.74. The minimum Gasteiger partial charge on any atom is -0.469 e. The fourth-order valence-electron chi connectivity index (χ4n) is 1.23. The summed E-state index contributed by atoms with van der Waals surface area (Å²) < 4.78 is 30.4. The number of hydrogen-bond donors (Lipinski definition) is 0. The molecule has 1 aromatic rings. The second-order valence-corrected chi connectivity index (χ2v) is 4.45. The molecule has 1 aromatic heterocycles. The van der Waals surface area contributed by atoms with Gasteiger partial charge in [0.15, 0.2) is 0 Å². The number of esters is 1. The van der Waals surface area contributed by atoms with Crippen LogP contribution >= 0.6 is 34.2 Å². The van der Waals surface area contributed by atoms with Crippen molar-refractivity contribution in [2.75, 3.05) is 7.11 Å². The lowest BCUT2D eigenvalue weighted by Crippen LogP contribution is -2.09. The third-order valence-corrected chi connectivity index (χ3v) is 3.27. The van der Waals surface area contributed by atoms with E-state index >= 15 is 0 Å². The van der Waals surface area contributed by atoms with Crippen molar-refractivity contribution < 1.29 is 18.3 Å². The fraction of sp³-hybridized carbons (Fsp3) is 0.400. The van der Waals surface area contributed by atoms with E-state index in [-0.39, 0.29) is 23.6 Å². The second-order valence-electron chi connectivity index (χ2n) is 3.16. The Morgan fingerprint density at radius 2 is 2.29 bits per heavy atom. The number of pyridine rings is 1. The summed E-state index contributed by atoms with van der Waals surface area (Å²) in [5.41, 5.74) is 0.320. The first-order chi connectivity index (χ1) is 7.99. The SMILES string of the molecule is COC(=O)Cc1cc(C(F)F)c(CCl)nc1I. The van der Waals surface area contributed by atoms with Crippen molar-refractivity contribution in [3.63, 3.8) is 0 Å². The Morgan fingerprint density at radius 1 is 1.65 bits per heavy atom. The molecule has 0 fully saturated rings. The molecule has 0 bridgehead atoms. The standard InChI is InChI=1S/C10H9ClF2INO2/c1-17-8(16)3-5-2-6(9(12)13)7(4-11)15-10(5)14/h2,9H,3-4H2,1H3. The molecule has 0 amide bonds. The van der Waals surface area contributed by atoms with Gasteiger partial charge < -0.3 is 4.74 Å². The molecular formula is C10H9ClF2INO2. The van der Waals surface area contributed by atoms with Crippen molar-refractivity contribution in [3.8, 4) is 0 Å². The van der Waals surface area contributed by atoms with Crippen LogP contribution in [0.25, 0.3) is 0 Å². The van der Waals surface area contributed by atoms with Gasteiger partial charge in [-0.25, -0.2) is 13.8 Å². The molecular weight excluding hydrogens is 366 g/mol. The van der Waals surface area contributed by atoms with Gasteiger partial charge >= 0.3 is 5.97 Å². The average Bonchev–Trinajstić information content (AvgIpc) is 2.30. The maximum absolute atomic E-state index is 12.7. The van der Waals surface area contributed by atoms with E-state index in [1.807, 2.05) is 22.6 Å². The Morgan fingerprint density at radius 3 is 2.76 bits per heavy atom. The minimum absolute atomic E-state index is 0.0793. The van der Waals surface area contributed by atoms with Gasteiger partial charge in [0.05, 0.1) is 25.1 Å². The van der Waals surface area contributed by atoms with Gasteiger partial charge in [-0.2, -0.15) is 0 Å². The molecule has 1 rings (SSSR count). The number of methoxy groups -OCH3 is 1. The number of carbonyl (C=O) groups excluding carboxylic acids is 1. The van der Waals surface area contributed by atoms with Crippen LogP contribution < -0.4 is 0 Å². The average molecular weight is 376 g/mol. The molecule has 0 aliphatic carbocycles. The molecule has 0 aromatic carbocycles. The van der Waals surface area contributed by atoms with Crippen molar-refractivity contribution in [2.24, 2.45) is 0 Å². The molecule has 0 spiro atoms. The van der Waals surface area contributed by atoms with Crippen LogP contribution in [0.3, 0.4) is 0 Å². The molecule has 0 atom stereocenters. The highest BCUT2D eigenvalue weighted by molar-refractivity contribution is 14.1. The van der Waals surface area contributed by atoms with Crippen molar-refractivity contribution in [2.45, 2.75) is 18.7 Å². The lowest BCUT2D eigenvalue weighted by Gasteiger charge is -2.10. The molecule has 0 aliphatic rings. The summed E-state index contributed by atoms with van der Waals surface area (Å²) in [5, 5.41) is 0. The van der Waals surface area contributed by atoms with E-state index in [1.54, 1.807) is 0 Å². The van der Waals surface area contributed by atoms with Gasteiger partial charge in [-0.3, -0.25) is 4.79 Å². The number of hydrogen-bond acceptors (Lipinski definition) is 3. The Labute approximate surface area is 116 Å². The van der Waals surface area contributed by atoms with Gasteiger partial charge in [0, 0.05) is 5.56 Å². The molecule has 0 unspecified atom stereocenters. The molecule has 0 saturated heterocycles. The summed E-state index contributed by atoms with van der Waals surface area (Å²) in [4.78, 5) is 15.1. The number of alkyl halides is 3. The fourth-order valence-corrected chi connectivity index (χ4v) is 2.08. The van der Waals surface area contributed by atoms with Crippen LogP contribution in [-0.2, 0) is 21.8 Å². The molecule has 0 radical (unpaired) electrons. The van der Waals surface area contributed by atoms with Crippen molar-refractivity contribution in [3.05, 3.63) is 26.6 Å². The molecule has 1 heterocycles. The van der Waals surface area contributed by atoms with Crippen LogP contribution in [0.5, 0.6) is 0 Å². The minimum atomic E-state index is -2.66.